The van der Waals surface area contributed by atoms with Gasteiger partial charge in [-0.25, -0.2) is 18.4 Å². The van der Waals surface area contributed by atoms with E-state index in [4.69, 9.17) is 43.3 Å². The van der Waals surface area contributed by atoms with Crippen molar-refractivity contribution in [3.05, 3.63) is 46.0 Å². The number of amides is 1. The average Bonchev–Trinajstić information content (AvgIpc) is 3.83. The van der Waals surface area contributed by atoms with E-state index in [9.17, 15) is 14.4 Å². The zero-order chi connectivity index (χ0) is 37.3. The summed E-state index contributed by atoms with van der Waals surface area (Å²) in [7, 11) is 1.86. The van der Waals surface area contributed by atoms with Crippen LogP contribution in [0.15, 0.2) is 18.2 Å². The van der Waals surface area contributed by atoms with Crippen LogP contribution in [-0.2, 0) is 4.74 Å². The summed E-state index contributed by atoms with van der Waals surface area (Å²) in [4.78, 5) is 32.2. The Labute approximate surface area is 309 Å². The summed E-state index contributed by atoms with van der Waals surface area (Å²) >= 11 is 8.01. The van der Waals surface area contributed by atoms with Crippen molar-refractivity contribution in [1.29, 1.82) is 5.26 Å². The van der Waals surface area contributed by atoms with Gasteiger partial charge in [-0.05, 0) is 71.2 Å². The van der Waals surface area contributed by atoms with Crippen LogP contribution in [0.4, 0.5) is 30.1 Å². The van der Waals surface area contributed by atoms with Crippen LogP contribution in [0.25, 0.3) is 37.0 Å². The molecule has 11 nitrogen and oxygen atoms in total. The monoisotopic (exact) mass is 748 g/mol. The number of likely N-dealkylation sites (tertiary alicyclic amines) is 1. The molecule has 0 bridgehead atoms. The quantitative estimate of drug-likeness (QED) is 0.195. The topological polar surface area (TPSA) is 125 Å². The third-order valence-electron chi connectivity index (χ3n) is 10.6. The molecule has 1 amide bonds. The summed E-state index contributed by atoms with van der Waals surface area (Å²) in [5.74, 6) is -0.120. The number of likely N-dealkylation sites (N-methyl/N-ethyl adjacent to an activating group) is 1. The predicted octanol–water partition coefficient (Wildman–Crippen LogP) is 8.10. The lowest BCUT2D eigenvalue weighted by Gasteiger charge is -2.33. The highest BCUT2D eigenvalue weighted by Gasteiger charge is 2.49. The molecule has 0 unspecified atom stereocenters. The van der Waals surface area contributed by atoms with E-state index in [1.807, 2.05) is 39.6 Å². The van der Waals surface area contributed by atoms with Gasteiger partial charge in [0.2, 0.25) is 5.69 Å². The molecule has 2 aromatic carbocycles. The number of nitrogens with two attached hydrogens (primary N) is 1. The van der Waals surface area contributed by atoms with Crippen molar-refractivity contribution in [3.63, 3.8) is 0 Å². The number of aromatic nitrogens is 2. The van der Waals surface area contributed by atoms with Gasteiger partial charge in [0, 0.05) is 42.9 Å². The molecule has 272 valence electrons. The number of fused-ring (bicyclic) bond motifs is 3. The lowest BCUT2D eigenvalue weighted by molar-refractivity contribution is 0.0233. The van der Waals surface area contributed by atoms with E-state index in [0.29, 0.717) is 42.7 Å². The first-order valence-electron chi connectivity index (χ1n) is 17.2. The number of nitrogen functional groups attached to an aromatic ring is 1. The number of rotatable bonds is 6. The van der Waals surface area contributed by atoms with Gasteiger partial charge in [-0.2, -0.15) is 15.2 Å². The SMILES string of the molecule is [C-]#[N+]c1c(N)sc2c(F)ccc(-c3c(Cl)cc4c(N(C)[C@@H]5CCN(C(=O)OC(C)(C)C)[C@@H]5C)nc(OC[C@@]56CCCN5C[C@H](F)C6)nc4c3C#N)c12. The molecule has 3 saturated heterocycles. The number of thiophene rings is 1. The lowest BCUT2D eigenvalue weighted by Crippen LogP contribution is -2.45. The number of nitrogens with zero attached hydrogens (tertiary/aromatic N) is 7. The number of anilines is 2. The fraction of sp³-hybridized carbons (Fsp3) is 0.486. The van der Waals surface area contributed by atoms with Crippen molar-refractivity contribution < 1.29 is 23.0 Å². The molecule has 4 atom stereocenters. The first-order chi connectivity index (χ1) is 24.7. The lowest BCUT2D eigenvalue weighted by atomic mass is 9.94. The standard InChI is InChI=1S/C37H39ClF2N8O3S/c1-19-26(10-13-48(19)35(49)51-36(2,3)4)46(6)33-22-14-24(38)27(21-8-9-25(40)31-28(21)30(43-5)32(42)52-31)23(16-41)29(22)44-34(45-33)50-18-37-11-7-12-47(37)17-20(39)15-37/h8-9,14,19-20,26H,7,10-13,15,17-18,42H2,1-4,6H3/t19-,20-,26-,37+/m1/s1. The van der Waals surface area contributed by atoms with Crippen molar-refractivity contribution in [1.82, 2.24) is 19.8 Å². The van der Waals surface area contributed by atoms with Crippen LogP contribution in [-0.4, -0.2) is 88.5 Å². The summed E-state index contributed by atoms with van der Waals surface area (Å²) in [6.45, 7) is 17.0. The van der Waals surface area contributed by atoms with E-state index in [1.54, 1.807) is 11.0 Å². The van der Waals surface area contributed by atoms with Crippen LogP contribution >= 0.6 is 22.9 Å². The molecule has 0 saturated carbocycles. The van der Waals surface area contributed by atoms with E-state index >= 15 is 4.39 Å². The number of alkyl halides is 1. The molecule has 3 aliphatic heterocycles. The fourth-order valence-electron chi connectivity index (χ4n) is 8.22. The van der Waals surface area contributed by atoms with Gasteiger partial charge in [-0.1, -0.05) is 17.7 Å². The first kappa shape index (κ1) is 35.9. The highest BCUT2D eigenvalue weighted by Crippen LogP contribution is 2.50. The minimum Gasteiger partial charge on any atom is -0.461 e. The highest BCUT2D eigenvalue weighted by atomic mass is 35.5. The Balaban J connectivity index is 1.38. The van der Waals surface area contributed by atoms with Gasteiger partial charge in [0.15, 0.2) is 0 Å². The van der Waals surface area contributed by atoms with Gasteiger partial charge < -0.3 is 25.0 Å². The van der Waals surface area contributed by atoms with Gasteiger partial charge in [0.1, 0.15) is 36.1 Å². The molecular weight excluding hydrogens is 710 g/mol. The summed E-state index contributed by atoms with van der Waals surface area (Å²) in [5.41, 5.74) is 6.05. The normalized spacial score (nSPS) is 23.2. The largest absolute Gasteiger partial charge is 0.461 e. The predicted molar refractivity (Wildman–Crippen MR) is 198 cm³/mol. The van der Waals surface area contributed by atoms with E-state index in [2.05, 4.69) is 15.8 Å². The number of carbonyl (C=O) groups is 1. The zero-order valence-corrected chi connectivity index (χ0v) is 31.2. The van der Waals surface area contributed by atoms with E-state index in [-0.39, 0.29) is 67.1 Å². The van der Waals surface area contributed by atoms with Gasteiger partial charge in [-0.15, -0.1) is 11.3 Å². The van der Waals surface area contributed by atoms with Crippen LogP contribution in [0.1, 0.15) is 58.9 Å². The number of benzene rings is 2. The van der Waals surface area contributed by atoms with Crippen molar-refractivity contribution in [2.45, 2.75) is 82.8 Å². The Bertz CT molecular complexity index is 2200. The Morgan fingerprint density at radius 1 is 1.33 bits per heavy atom. The molecule has 2 N–H and O–H groups in total. The number of hydrogen-bond donors (Lipinski definition) is 1. The van der Waals surface area contributed by atoms with Crippen molar-refractivity contribution in [2.24, 2.45) is 0 Å². The molecule has 15 heteroatoms. The zero-order valence-electron chi connectivity index (χ0n) is 29.6. The number of hydrogen-bond acceptors (Lipinski definition) is 10. The molecule has 0 spiro atoms. The van der Waals surface area contributed by atoms with Crippen molar-refractivity contribution in [2.75, 3.05) is 43.9 Å². The number of ether oxygens (including phenoxy) is 2. The van der Waals surface area contributed by atoms with Crippen LogP contribution in [0.2, 0.25) is 5.02 Å². The second kappa shape index (κ2) is 13.2. The number of carbonyl (C=O) groups excluding carboxylic acids is 1. The maximum absolute atomic E-state index is 15.1. The number of nitriles is 1. The average molecular weight is 749 g/mol. The van der Waals surface area contributed by atoms with Gasteiger partial charge in [-0.3, -0.25) is 4.90 Å². The smallest absolute Gasteiger partial charge is 0.410 e. The van der Waals surface area contributed by atoms with Crippen LogP contribution in [0.3, 0.4) is 0 Å². The summed E-state index contributed by atoms with van der Waals surface area (Å²) < 4.78 is 41.9. The highest BCUT2D eigenvalue weighted by molar-refractivity contribution is 7.23. The van der Waals surface area contributed by atoms with Crippen molar-refractivity contribution in [3.8, 4) is 23.2 Å². The third kappa shape index (κ3) is 6.00. The molecular formula is C37H39ClF2N8O3S. The Kier molecular flexibility index (Phi) is 9.09. The maximum atomic E-state index is 15.1. The fourth-order valence-corrected chi connectivity index (χ4v) is 9.46. The van der Waals surface area contributed by atoms with E-state index in [0.717, 1.165) is 30.7 Å². The minimum absolute atomic E-state index is 0.00295. The Morgan fingerprint density at radius 3 is 2.81 bits per heavy atom. The maximum Gasteiger partial charge on any atom is 0.410 e. The van der Waals surface area contributed by atoms with Crippen LogP contribution < -0.4 is 15.4 Å². The first-order valence-corrected chi connectivity index (χ1v) is 18.4. The molecule has 0 radical (unpaired) electrons. The van der Waals surface area contributed by atoms with Crippen LogP contribution in [0.5, 0.6) is 6.01 Å². The van der Waals surface area contributed by atoms with Gasteiger partial charge in [0.25, 0.3) is 0 Å². The van der Waals surface area contributed by atoms with Gasteiger partial charge in [0.05, 0.1) is 50.0 Å². The second-order valence-corrected chi connectivity index (χ2v) is 16.4. The minimum atomic E-state index is -0.950. The molecule has 2 aromatic heterocycles. The Hall–Kier alpha value is -4.50. The number of halogens is 3. The molecule has 0 aliphatic carbocycles. The second-order valence-electron chi connectivity index (χ2n) is 14.9. The Morgan fingerprint density at radius 2 is 2.10 bits per heavy atom. The van der Waals surface area contributed by atoms with E-state index < -0.39 is 29.2 Å². The third-order valence-corrected chi connectivity index (χ3v) is 11.9. The molecule has 3 fully saturated rings. The molecule has 5 heterocycles. The summed E-state index contributed by atoms with van der Waals surface area (Å²) in [6.07, 6.45) is 1.32. The molecule has 4 aromatic rings. The molecule has 7 rings (SSSR count). The van der Waals surface area contributed by atoms with Crippen molar-refractivity contribution >= 4 is 66.5 Å². The summed E-state index contributed by atoms with van der Waals surface area (Å²) in [6, 6.07) is 6.23. The molecule has 52 heavy (non-hydrogen) atoms. The van der Waals surface area contributed by atoms with E-state index in [1.165, 1.54) is 12.1 Å². The molecule has 3 aliphatic rings. The van der Waals surface area contributed by atoms with Gasteiger partial charge >= 0.3 is 12.1 Å². The van der Waals surface area contributed by atoms with Crippen LogP contribution in [0, 0.1) is 23.7 Å². The summed E-state index contributed by atoms with van der Waals surface area (Å²) in [5, 5.41) is 11.8.